The summed E-state index contributed by atoms with van der Waals surface area (Å²) in [6.45, 7) is 0.947. The van der Waals surface area contributed by atoms with Crippen LogP contribution in [0.2, 0.25) is 0 Å². The number of nitrogens with two attached hydrogens (primary N) is 1. The fourth-order valence-electron chi connectivity index (χ4n) is 3.85. The van der Waals surface area contributed by atoms with Gasteiger partial charge < -0.3 is 10.5 Å². The summed E-state index contributed by atoms with van der Waals surface area (Å²) in [4.78, 5) is 26.0. The standard InChI is InChI=1S/C23H22FN3O3S/c1-27-19(7-10-26-27)21(28)15-5-6-20(18(24)13-15)31-17-4-2-3-16(14-17)23(22(25)29)8-11-30-12-9-23/h2-7,10,13-14H,8-9,11-12H2,1H3,(H2,25,29). The lowest BCUT2D eigenvalue weighted by molar-refractivity contribution is -0.127. The monoisotopic (exact) mass is 439 g/mol. The van der Waals surface area contributed by atoms with Crippen LogP contribution in [0.3, 0.4) is 0 Å². The molecule has 0 spiro atoms. The third-order valence-corrected chi connectivity index (χ3v) is 6.72. The molecule has 0 saturated carbocycles. The number of aromatic nitrogens is 2. The minimum absolute atomic E-state index is 0.258. The molecule has 0 bridgehead atoms. The Kier molecular flexibility index (Phi) is 5.93. The molecule has 0 unspecified atom stereocenters. The molecule has 1 saturated heterocycles. The van der Waals surface area contributed by atoms with Crippen LogP contribution in [-0.2, 0) is 22.0 Å². The van der Waals surface area contributed by atoms with Crippen LogP contribution >= 0.6 is 11.8 Å². The van der Waals surface area contributed by atoms with Gasteiger partial charge in [-0.1, -0.05) is 23.9 Å². The minimum atomic E-state index is -0.771. The topological polar surface area (TPSA) is 87.2 Å². The van der Waals surface area contributed by atoms with Gasteiger partial charge in [0.1, 0.15) is 11.5 Å². The molecule has 2 N–H and O–H groups in total. The summed E-state index contributed by atoms with van der Waals surface area (Å²) < 4.78 is 21.7. The molecule has 31 heavy (non-hydrogen) atoms. The summed E-state index contributed by atoms with van der Waals surface area (Å²) in [6, 6.07) is 13.5. The number of amides is 1. The van der Waals surface area contributed by atoms with E-state index in [1.165, 1.54) is 28.7 Å². The van der Waals surface area contributed by atoms with E-state index in [1.807, 2.05) is 24.3 Å². The first-order valence-corrected chi connectivity index (χ1v) is 10.7. The maximum atomic E-state index is 14.8. The molecule has 0 radical (unpaired) electrons. The number of nitrogens with zero attached hydrogens (tertiary/aromatic N) is 2. The van der Waals surface area contributed by atoms with Crippen molar-refractivity contribution in [2.75, 3.05) is 13.2 Å². The van der Waals surface area contributed by atoms with E-state index in [1.54, 1.807) is 25.2 Å². The second-order valence-corrected chi connectivity index (χ2v) is 8.62. The van der Waals surface area contributed by atoms with Crippen LogP contribution in [0.25, 0.3) is 0 Å². The molecule has 1 amide bonds. The van der Waals surface area contributed by atoms with Crippen LogP contribution in [0, 0.1) is 5.82 Å². The highest BCUT2D eigenvalue weighted by Crippen LogP contribution is 2.38. The number of carbonyl (C=O) groups is 2. The Morgan fingerprint density at radius 3 is 2.58 bits per heavy atom. The van der Waals surface area contributed by atoms with E-state index in [0.717, 1.165) is 10.5 Å². The number of rotatable bonds is 6. The van der Waals surface area contributed by atoms with Gasteiger partial charge in [0.15, 0.2) is 0 Å². The van der Waals surface area contributed by atoms with Gasteiger partial charge in [-0.3, -0.25) is 14.3 Å². The molecule has 160 valence electrons. The normalized spacial score (nSPS) is 15.5. The first kappa shape index (κ1) is 21.3. The maximum Gasteiger partial charge on any atom is 0.228 e. The molecule has 6 nitrogen and oxygen atoms in total. The molecular weight excluding hydrogens is 417 g/mol. The van der Waals surface area contributed by atoms with Crippen LogP contribution in [0.5, 0.6) is 0 Å². The number of hydrogen-bond donors (Lipinski definition) is 1. The average Bonchev–Trinajstić information content (AvgIpc) is 3.21. The van der Waals surface area contributed by atoms with Gasteiger partial charge in [0.05, 0.1) is 5.41 Å². The molecule has 1 aliphatic heterocycles. The smallest absolute Gasteiger partial charge is 0.228 e. The van der Waals surface area contributed by atoms with Crippen molar-refractivity contribution in [3.05, 3.63) is 77.4 Å². The van der Waals surface area contributed by atoms with Crippen molar-refractivity contribution < 1.29 is 18.7 Å². The second kappa shape index (κ2) is 8.64. The summed E-state index contributed by atoms with van der Waals surface area (Å²) in [5.74, 6) is -1.15. The Bertz CT molecular complexity index is 1140. The van der Waals surface area contributed by atoms with Gasteiger partial charge in [0.25, 0.3) is 0 Å². The average molecular weight is 440 g/mol. The zero-order valence-electron chi connectivity index (χ0n) is 17.0. The Labute approximate surface area is 183 Å². The number of carbonyl (C=O) groups excluding carboxylic acids is 2. The molecule has 1 aromatic heterocycles. The lowest BCUT2D eigenvalue weighted by Gasteiger charge is -2.34. The zero-order valence-corrected chi connectivity index (χ0v) is 17.8. The quantitative estimate of drug-likeness (QED) is 0.594. The van der Waals surface area contributed by atoms with Crippen LogP contribution in [0.1, 0.15) is 34.5 Å². The molecule has 2 heterocycles. The van der Waals surface area contributed by atoms with Crippen molar-refractivity contribution in [1.29, 1.82) is 0 Å². The fourth-order valence-corrected chi connectivity index (χ4v) is 4.73. The van der Waals surface area contributed by atoms with Crippen molar-refractivity contribution in [3.8, 4) is 0 Å². The number of aryl methyl sites for hydroxylation is 1. The van der Waals surface area contributed by atoms with Gasteiger partial charge in [0, 0.05) is 41.8 Å². The van der Waals surface area contributed by atoms with E-state index in [9.17, 15) is 14.0 Å². The number of benzene rings is 2. The maximum absolute atomic E-state index is 14.8. The fraction of sp³-hybridized carbons (Fsp3) is 0.261. The molecular formula is C23H22FN3O3S. The Hall–Kier alpha value is -2.97. The lowest BCUT2D eigenvalue weighted by Crippen LogP contribution is -2.45. The summed E-state index contributed by atoms with van der Waals surface area (Å²) in [7, 11) is 1.66. The SMILES string of the molecule is Cn1nccc1C(=O)c1ccc(Sc2cccc(C3(C(N)=O)CCOCC3)c2)c(F)c1. The first-order chi connectivity index (χ1) is 14.9. The Morgan fingerprint density at radius 2 is 1.94 bits per heavy atom. The molecule has 1 aliphatic rings. The molecule has 2 aromatic carbocycles. The van der Waals surface area contributed by atoms with Crippen molar-refractivity contribution >= 4 is 23.5 Å². The van der Waals surface area contributed by atoms with Gasteiger partial charge in [-0.15, -0.1) is 0 Å². The van der Waals surface area contributed by atoms with E-state index >= 15 is 0 Å². The minimum Gasteiger partial charge on any atom is -0.381 e. The number of hydrogen-bond acceptors (Lipinski definition) is 5. The van der Waals surface area contributed by atoms with E-state index in [0.29, 0.717) is 36.6 Å². The zero-order chi connectivity index (χ0) is 22.0. The van der Waals surface area contributed by atoms with Gasteiger partial charge in [-0.25, -0.2) is 4.39 Å². The van der Waals surface area contributed by atoms with Crippen molar-refractivity contribution in [2.45, 2.75) is 28.0 Å². The highest BCUT2D eigenvalue weighted by Gasteiger charge is 2.40. The van der Waals surface area contributed by atoms with Gasteiger partial charge in [-0.2, -0.15) is 5.10 Å². The Balaban J connectivity index is 1.59. The summed E-state index contributed by atoms with van der Waals surface area (Å²) in [5, 5.41) is 3.98. The largest absolute Gasteiger partial charge is 0.381 e. The molecule has 0 aliphatic carbocycles. The van der Waals surface area contributed by atoms with Crippen LogP contribution < -0.4 is 5.73 Å². The lowest BCUT2D eigenvalue weighted by atomic mass is 9.73. The van der Waals surface area contributed by atoms with Gasteiger partial charge in [0.2, 0.25) is 11.7 Å². The predicted molar refractivity (Wildman–Crippen MR) is 115 cm³/mol. The highest BCUT2D eigenvalue weighted by atomic mass is 32.2. The van der Waals surface area contributed by atoms with Crippen molar-refractivity contribution in [3.63, 3.8) is 0 Å². The van der Waals surface area contributed by atoms with E-state index in [2.05, 4.69) is 5.10 Å². The third kappa shape index (κ3) is 4.13. The number of primary amides is 1. The molecule has 0 atom stereocenters. The second-order valence-electron chi connectivity index (χ2n) is 7.50. The highest BCUT2D eigenvalue weighted by molar-refractivity contribution is 7.99. The van der Waals surface area contributed by atoms with Crippen molar-refractivity contribution in [2.24, 2.45) is 12.8 Å². The van der Waals surface area contributed by atoms with E-state index < -0.39 is 11.2 Å². The summed E-state index contributed by atoms with van der Waals surface area (Å²) in [6.07, 6.45) is 2.57. The summed E-state index contributed by atoms with van der Waals surface area (Å²) in [5.41, 5.74) is 6.45. The van der Waals surface area contributed by atoms with Crippen LogP contribution in [-0.4, -0.2) is 34.7 Å². The number of ether oxygens (including phenoxy) is 1. The van der Waals surface area contributed by atoms with E-state index in [-0.39, 0.29) is 17.3 Å². The first-order valence-electron chi connectivity index (χ1n) is 9.89. The third-order valence-electron chi connectivity index (χ3n) is 5.68. The van der Waals surface area contributed by atoms with Gasteiger partial charge >= 0.3 is 0 Å². The van der Waals surface area contributed by atoms with Crippen LogP contribution in [0.15, 0.2) is 64.5 Å². The molecule has 4 rings (SSSR count). The van der Waals surface area contributed by atoms with E-state index in [4.69, 9.17) is 10.5 Å². The number of halogens is 1. The predicted octanol–water partition coefficient (Wildman–Crippen LogP) is 3.47. The Morgan fingerprint density at radius 1 is 1.16 bits per heavy atom. The van der Waals surface area contributed by atoms with Crippen LogP contribution in [0.4, 0.5) is 4.39 Å². The summed E-state index contributed by atoms with van der Waals surface area (Å²) >= 11 is 1.24. The molecule has 8 heteroatoms. The van der Waals surface area contributed by atoms with Gasteiger partial charge in [-0.05, 0) is 54.8 Å². The molecule has 1 fully saturated rings. The molecule has 3 aromatic rings. The van der Waals surface area contributed by atoms with Crippen molar-refractivity contribution in [1.82, 2.24) is 9.78 Å². The number of ketones is 1.